The lowest BCUT2D eigenvalue weighted by Crippen LogP contribution is -2.38. The number of hydrogen-bond donors (Lipinski definition) is 1. The first-order chi connectivity index (χ1) is 8.78. The molecule has 1 aromatic heterocycles. The molecule has 1 saturated heterocycles. The Hall–Kier alpha value is -1.29. The summed E-state index contributed by atoms with van der Waals surface area (Å²) in [4.78, 5) is 6.90. The normalized spacial score (nSPS) is 18.3. The van der Waals surface area contributed by atoms with Gasteiger partial charge in [0.05, 0.1) is 7.11 Å². The third-order valence-electron chi connectivity index (χ3n) is 3.31. The number of pyridine rings is 1. The number of aromatic nitrogens is 1. The Kier molecular flexibility index (Phi) is 4.81. The lowest BCUT2D eigenvalue weighted by Gasteiger charge is -2.29. The van der Waals surface area contributed by atoms with Crippen LogP contribution in [0, 0.1) is 0 Å². The molecule has 2 heterocycles. The van der Waals surface area contributed by atoms with Crippen molar-refractivity contribution in [2.75, 3.05) is 32.1 Å². The highest BCUT2D eigenvalue weighted by Gasteiger charge is 2.13. The van der Waals surface area contributed by atoms with Crippen LogP contribution in [0.2, 0.25) is 0 Å². The summed E-state index contributed by atoms with van der Waals surface area (Å²) < 4.78 is 5.12. The van der Waals surface area contributed by atoms with Crippen molar-refractivity contribution >= 4 is 5.82 Å². The lowest BCUT2D eigenvalue weighted by molar-refractivity contribution is 0.223. The Morgan fingerprint density at radius 3 is 2.83 bits per heavy atom. The van der Waals surface area contributed by atoms with Gasteiger partial charge in [-0.05, 0) is 38.9 Å². The maximum absolute atomic E-state index is 5.12. The standard InChI is InChI=1S/C14H23N3O/c1-12(11-17-9-4-3-5-10-17)15-13-7-6-8-14(16-13)18-2/h6-8,12H,3-5,9-11H2,1-2H3,(H,15,16). The van der Waals surface area contributed by atoms with Crippen molar-refractivity contribution < 1.29 is 4.74 Å². The summed E-state index contributed by atoms with van der Waals surface area (Å²) in [6, 6.07) is 6.21. The van der Waals surface area contributed by atoms with Crippen LogP contribution in [0.1, 0.15) is 26.2 Å². The second-order valence-electron chi connectivity index (χ2n) is 4.97. The molecule has 4 heteroatoms. The molecule has 0 spiro atoms. The maximum Gasteiger partial charge on any atom is 0.214 e. The summed E-state index contributed by atoms with van der Waals surface area (Å²) in [6.07, 6.45) is 4.06. The van der Waals surface area contributed by atoms with Crippen LogP contribution in [-0.4, -0.2) is 42.7 Å². The molecule has 100 valence electrons. The summed E-state index contributed by atoms with van der Waals surface area (Å²) in [5.41, 5.74) is 0. The molecule has 0 saturated carbocycles. The number of ether oxygens (including phenoxy) is 1. The van der Waals surface area contributed by atoms with E-state index in [9.17, 15) is 0 Å². The third kappa shape index (κ3) is 3.88. The van der Waals surface area contributed by atoms with Crippen molar-refractivity contribution in [2.24, 2.45) is 0 Å². The molecule has 1 unspecified atom stereocenters. The number of methoxy groups -OCH3 is 1. The molecule has 0 radical (unpaired) electrons. The highest BCUT2D eigenvalue weighted by atomic mass is 16.5. The molecule has 4 nitrogen and oxygen atoms in total. The second kappa shape index (κ2) is 6.59. The van der Waals surface area contributed by atoms with Gasteiger partial charge >= 0.3 is 0 Å². The first-order valence-corrected chi connectivity index (χ1v) is 6.78. The van der Waals surface area contributed by atoms with E-state index >= 15 is 0 Å². The molecule has 2 rings (SSSR count). The van der Waals surface area contributed by atoms with Crippen LogP contribution in [-0.2, 0) is 0 Å². The Balaban J connectivity index is 1.83. The van der Waals surface area contributed by atoms with E-state index in [1.54, 1.807) is 7.11 Å². The minimum absolute atomic E-state index is 0.405. The number of piperidine rings is 1. The molecule has 1 fully saturated rings. The molecule has 1 aliphatic rings. The Morgan fingerprint density at radius 2 is 2.11 bits per heavy atom. The summed E-state index contributed by atoms with van der Waals surface area (Å²) in [5, 5.41) is 3.43. The Labute approximate surface area is 109 Å². The summed E-state index contributed by atoms with van der Waals surface area (Å²) in [7, 11) is 1.64. The fourth-order valence-electron chi connectivity index (χ4n) is 2.44. The number of anilines is 1. The van der Waals surface area contributed by atoms with Crippen molar-refractivity contribution in [1.82, 2.24) is 9.88 Å². The summed E-state index contributed by atoms with van der Waals surface area (Å²) in [5.74, 6) is 1.55. The van der Waals surface area contributed by atoms with E-state index in [0.29, 0.717) is 11.9 Å². The fourth-order valence-corrected chi connectivity index (χ4v) is 2.44. The van der Waals surface area contributed by atoms with Crippen LogP contribution in [0.5, 0.6) is 5.88 Å². The van der Waals surface area contributed by atoms with Gasteiger partial charge in [0, 0.05) is 18.7 Å². The minimum atomic E-state index is 0.405. The molecule has 0 amide bonds. The van der Waals surface area contributed by atoms with Gasteiger partial charge in [-0.3, -0.25) is 0 Å². The molecule has 0 aromatic carbocycles. The fraction of sp³-hybridized carbons (Fsp3) is 0.643. The molecule has 1 N–H and O–H groups in total. The molecule has 0 bridgehead atoms. The number of nitrogens with one attached hydrogen (secondary N) is 1. The van der Waals surface area contributed by atoms with Crippen LogP contribution in [0.4, 0.5) is 5.82 Å². The summed E-state index contributed by atoms with van der Waals surface area (Å²) in [6.45, 7) is 5.75. The van der Waals surface area contributed by atoms with E-state index in [2.05, 4.69) is 22.1 Å². The zero-order valence-electron chi connectivity index (χ0n) is 11.4. The van der Waals surface area contributed by atoms with Gasteiger partial charge in [0.25, 0.3) is 0 Å². The monoisotopic (exact) mass is 249 g/mol. The van der Waals surface area contributed by atoms with Crippen molar-refractivity contribution in [3.05, 3.63) is 18.2 Å². The highest BCUT2D eigenvalue weighted by molar-refractivity contribution is 5.37. The van der Waals surface area contributed by atoms with Gasteiger partial charge in [0.2, 0.25) is 5.88 Å². The first kappa shape index (κ1) is 13.1. The van der Waals surface area contributed by atoms with Crippen molar-refractivity contribution in [3.8, 4) is 5.88 Å². The molecule has 18 heavy (non-hydrogen) atoms. The first-order valence-electron chi connectivity index (χ1n) is 6.78. The smallest absolute Gasteiger partial charge is 0.214 e. The van der Waals surface area contributed by atoms with Crippen LogP contribution in [0.25, 0.3) is 0 Å². The minimum Gasteiger partial charge on any atom is -0.481 e. The second-order valence-corrected chi connectivity index (χ2v) is 4.97. The van der Waals surface area contributed by atoms with E-state index in [4.69, 9.17) is 4.74 Å². The van der Waals surface area contributed by atoms with Crippen LogP contribution in [0.15, 0.2) is 18.2 Å². The summed E-state index contributed by atoms with van der Waals surface area (Å²) >= 11 is 0. The Bertz CT molecular complexity index is 364. The zero-order valence-corrected chi connectivity index (χ0v) is 11.4. The zero-order chi connectivity index (χ0) is 12.8. The van der Waals surface area contributed by atoms with Gasteiger partial charge in [-0.2, -0.15) is 4.98 Å². The SMILES string of the molecule is COc1cccc(NC(C)CN2CCCCC2)n1. The highest BCUT2D eigenvalue weighted by Crippen LogP contribution is 2.13. The molecule has 1 aromatic rings. The largest absolute Gasteiger partial charge is 0.481 e. The van der Waals surface area contributed by atoms with Gasteiger partial charge in [-0.15, -0.1) is 0 Å². The predicted molar refractivity (Wildman–Crippen MR) is 74.2 cm³/mol. The van der Waals surface area contributed by atoms with Gasteiger partial charge in [0.15, 0.2) is 0 Å². The van der Waals surface area contributed by atoms with Crippen LogP contribution < -0.4 is 10.1 Å². The van der Waals surface area contributed by atoms with E-state index in [0.717, 1.165) is 12.4 Å². The average molecular weight is 249 g/mol. The molecule has 0 aliphatic carbocycles. The van der Waals surface area contributed by atoms with Crippen LogP contribution in [0.3, 0.4) is 0 Å². The number of likely N-dealkylation sites (tertiary alicyclic amines) is 1. The van der Waals surface area contributed by atoms with Gasteiger partial charge < -0.3 is 15.0 Å². The Morgan fingerprint density at radius 1 is 1.33 bits per heavy atom. The van der Waals surface area contributed by atoms with E-state index in [-0.39, 0.29) is 0 Å². The van der Waals surface area contributed by atoms with E-state index in [1.165, 1.54) is 32.4 Å². The molecular weight excluding hydrogens is 226 g/mol. The van der Waals surface area contributed by atoms with E-state index in [1.807, 2.05) is 18.2 Å². The average Bonchev–Trinajstić information content (AvgIpc) is 2.40. The topological polar surface area (TPSA) is 37.4 Å². The van der Waals surface area contributed by atoms with Crippen LogP contribution >= 0.6 is 0 Å². The van der Waals surface area contributed by atoms with Gasteiger partial charge in [0.1, 0.15) is 5.82 Å². The molecular formula is C14H23N3O. The number of hydrogen-bond acceptors (Lipinski definition) is 4. The third-order valence-corrected chi connectivity index (χ3v) is 3.31. The van der Waals surface area contributed by atoms with Gasteiger partial charge in [-0.25, -0.2) is 0 Å². The van der Waals surface area contributed by atoms with E-state index < -0.39 is 0 Å². The molecule has 1 aliphatic heterocycles. The predicted octanol–water partition coefficient (Wildman–Crippen LogP) is 2.38. The van der Waals surface area contributed by atoms with Gasteiger partial charge in [-0.1, -0.05) is 12.5 Å². The van der Waals surface area contributed by atoms with Crippen molar-refractivity contribution in [2.45, 2.75) is 32.2 Å². The lowest BCUT2D eigenvalue weighted by atomic mass is 10.1. The van der Waals surface area contributed by atoms with Crippen molar-refractivity contribution in [1.29, 1.82) is 0 Å². The van der Waals surface area contributed by atoms with Crippen molar-refractivity contribution in [3.63, 3.8) is 0 Å². The number of rotatable bonds is 5. The maximum atomic E-state index is 5.12. The number of nitrogens with zero attached hydrogens (tertiary/aromatic N) is 2. The quantitative estimate of drug-likeness (QED) is 0.869. The molecule has 1 atom stereocenters.